The summed E-state index contributed by atoms with van der Waals surface area (Å²) in [6, 6.07) is 0. The van der Waals surface area contributed by atoms with Crippen molar-refractivity contribution in [3.8, 4) is 0 Å². The van der Waals surface area contributed by atoms with E-state index in [1.54, 1.807) is 0 Å². The standard InChI is InChI=1S/C8H16N2O3.H2O4S/c1-3-9-5-7(11)13-8(12)6-10-4-2;1-5(2,3)4/h9-10H,3-6H2,1-2H3;(H2,1,2,3,4). The molecule has 0 aliphatic carbocycles. The fraction of sp³-hybridized carbons (Fsp3) is 0.750. The van der Waals surface area contributed by atoms with Gasteiger partial charge >= 0.3 is 22.3 Å². The van der Waals surface area contributed by atoms with E-state index in [2.05, 4.69) is 15.4 Å². The van der Waals surface area contributed by atoms with E-state index in [9.17, 15) is 9.59 Å². The van der Waals surface area contributed by atoms with E-state index >= 15 is 0 Å². The first-order chi connectivity index (χ1) is 8.20. The number of rotatable bonds is 6. The van der Waals surface area contributed by atoms with Gasteiger partial charge in [-0.25, -0.2) is 0 Å². The molecule has 0 unspecified atom stereocenters. The normalized spacial score (nSPS) is 10.2. The van der Waals surface area contributed by atoms with Crippen molar-refractivity contribution >= 4 is 22.3 Å². The molecule has 4 N–H and O–H groups in total. The summed E-state index contributed by atoms with van der Waals surface area (Å²) in [6.45, 7) is 5.25. The van der Waals surface area contributed by atoms with Gasteiger partial charge in [-0.1, -0.05) is 13.8 Å². The second-order valence-corrected chi connectivity index (χ2v) is 3.75. The van der Waals surface area contributed by atoms with Crippen molar-refractivity contribution in [1.82, 2.24) is 10.6 Å². The molecule has 9 nitrogen and oxygen atoms in total. The molecule has 0 aliphatic heterocycles. The van der Waals surface area contributed by atoms with Crippen LogP contribution in [0.25, 0.3) is 0 Å². The van der Waals surface area contributed by atoms with Gasteiger partial charge in [0, 0.05) is 0 Å². The van der Waals surface area contributed by atoms with Crippen molar-refractivity contribution in [2.45, 2.75) is 13.8 Å². The first kappa shape index (κ1) is 19.3. The van der Waals surface area contributed by atoms with Crippen molar-refractivity contribution < 1.29 is 31.8 Å². The number of esters is 2. The van der Waals surface area contributed by atoms with Crippen LogP contribution in [0, 0.1) is 0 Å². The number of carbonyl (C=O) groups is 2. The Morgan fingerprint density at radius 3 is 1.50 bits per heavy atom. The Bertz CT molecular complexity index is 315. The molecule has 0 radical (unpaired) electrons. The molecule has 0 aromatic carbocycles. The highest BCUT2D eigenvalue weighted by Gasteiger charge is 2.08. The van der Waals surface area contributed by atoms with Crippen LogP contribution in [0.5, 0.6) is 0 Å². The van der Waals surface area contributed by atoms with Crippen LogP contribution in [-0.2, 0) is 24.7 Å². The second-order valence-electron chi connectivity index (χ2n) is 2.85. The quantitative estimate of drug-likeness (QED) is 0.264. The molecule has 0 rings (SSSR count). The molecule has 0 atom stereocenters. The van der Waals surface area contributed by atoms with E-state index in [1.165, 1.54) is 0 Å². The molecule has 18 heavy (non-hydrogen) atoms. The Morgan fingerprint density at radius 1 is 1.00 bits per heavy atom. The van der Waals surface area contributed by atoms with Gasteiger partial charge in [-0.05, 0) is 13.1 Å². The highest BCUT2D eigenvalue weighted by Crippen LogP contribution is 1.78. The van der Waals surface area contributed by atoms with E-state index in [0.29, 0.717) is 13.1 Å². The third kappa shape index (κ3) is 24.3. The maximum atomic E-state index is 10.8. The SMILES string of the molecule is CCNCC(=O)OC(=O)CNCC.O=S(=O)(O)O. The monoisotopic (exact) mass is 286 g/mol. The Morgan fingerprint density at radius 2 is 1.28 bits per heavy atom. The predicted octanol–water partition coefficient (Wildman–Crippen LogP) is -1.38. The minimum absolute atomic E-state index is 0.0777. The zero-order valence-electron chi connectivity index (χ0n) is 10.2. The lowest BCUT2D eigenvalue weighted by molar-refractivity contribution is -0.158. The number of nitrogens with one attached hydrogen (secondary N) is 2. The van der Waals surface area contributed by atoms with Crippen LogP contribution in [0.4, 0.5) is 0 Å². The zero-order valence-corrected chi connectivity index (χ0v) is 11.0. The Kier molecular flexibility index (Phi) is 11.8. The molecule has 0 bridgehead atoms. The van der Waals surface area contributed by atoms with E-state index in [4.69, 9.17) is 17.5 Å². The van der Waals surface area contributed by atoms with Crippen molar-refractivity contribution in [3.63, 3.8) is 0 Å². The van der Waals surface area contributed by atoms with Crippen LogP contribution in [0.3, 0.4) is 0 Å². The molecule has 10 heteroatoms. The van der Waals surface area contributed by atoms with Crippen molar-refractivity contribution in [2.75, 3.05) is 26.2 Å². The van der Waals surface area contributed by atoms with Gasteiger partial charge in [-0.15, -0.1) is 0 Å². The summed E-state index contributed by atoms with van der Waals surface area (Å²) in [5, 5.41) is 5.52. The van der Waals surface area contributed by atoms with Crippen LogP contribution >= 0.6 is 0 Å². The van der Waals surface area contributed by atoms with Gasteiger partial charge in [-0.2, -0.15) is 8.42 Å². The van der Waals surface area contributed by atoms with Crippen LogP contribution in [0.2, 0.25) is 0 Å². The molecule has 0 fully saturated rings. The van der Waals surface area contributed by atoms with E-state index in [-0.39, 0.29) is 13.1 Å². The summed E-state index contributed by atoms with van der Waals surface area (Å²) in [7, 11) is -4.67. The molecule has 108 valence electrons. The molecule has 0 aliphatic rings. The number of carbonyl (C=O) groups excluding carboxylic acids is 2. The molecule has 0 aromatic heterocycles. The molecule has 0 aromatic rings. The first-order valence-electron chi connectivity index (χ1n) is 5.05. The fourth-order valence-electron chi connectivity index (χ4n) is 0.653. The minimum atomic E-state index is -4.67. The van der Waals surface area contributed by atoms with Crippen LogP contribution in [-0.4, -0.2) is 55.6 Å². The van der Waals surface area contributed by atoms with E-state index in [0.717, 1.165) is 0 Å². The van der Waals surface area contributed by atoms with Crippen LogP contribution in [0.1, 0.15) is 13.8 Å². The topological polar surface area (TPSA) is 142 Å². The summed E-state index contributed by atoms with van der Waals surface area (Å²) in [5.74, 6) is -1.07. The molecule has 0 saturated carbocycles. The van der Waals surface area contributed by atoms with Gasteiger partial charge in [0.25, 0.3) is 0 Å². The lowest BCUT2D eigenvalue weighted by atomic mass is 10.6. The fourth-order valence-corrected chi connectivity index (χ4v) is 0.653. The van der Waals surface area contributed by atoms with Crippen molar-refractivity contribution in [2.24, 2.45) is 0 Å². The van der Waals surface area contributed by atoms with Gasteiger partial charge in [0.15, 0.2) is 0 Å². The third-order valence-electron chi connectivity index (χ3n) is 1.27. The predicted molar refractivity (Wildman–Crippen MR) is 62.4 cm³/mol. The van der Waals surface area contributed by atoms with Gasteiger partial charge in [0.05, 0.1) is 13.1 Å². The summed E-state index contributed by atoms with van der Waals surface area (Å²) in [6.07, 6.45) is 0. The largest absolute Gasteiger partial charge is 0.394 e. The number of hydrogen-bond donors (Lipinski definition) is 4. The van der Waals surface area contributed by atoms with E-state index in [1.807, 2.05) is 13.8 Å². The number of hydrogen-bond acceptors (Lipinski definition) is 7. The Hall–Kier alpha value is -1.07. The molecular weight excluding hydrogens is 268 g/mol. The summed E-state index contributed by atoms with van der Waals surface area (Å²) in [4.78, 5) is 21.7. The second kappa shape index (κ2) is 11.0. The third-order valence-corrected chi connectivity index (χ3v) is 1.27. The van der Waals surface area contributed by atoms with Gasteiger partial charge < -0.3 is 15.4 Å². The van der Waals surface area contributed by atoms with E-state index < -0.39 is 22.3 Å². The lowest BCUT2D eigenvalue weighted by Crippen LogP contribution is -2.31. The lowest BCUT2D eigenvalue weighted by Gasteiger charge is -2.03. The van der Waals surface area contributed by atoms with Gasteiger partial charge in [0.1, 0.15) is 0 Å². The smallest absolute Gasteiger partial charge is 0.391 e. The summed E-state index contributed by atoms with van der Waals surface area (Å²) in [5.41, 5.74) is 0. The molecule has 0 amide bonds. The zero-order chi connectivity index (χ0) is 14.6. The van der Waals surface area contributed by atoms with Gasteiger partial charge in [-0.3, -0.25) is 18.7 Å². The van der Waals surface area contributed by atoms with Crippen LogP contribution in [0.15, 0.2) is 0 Å². The first-order valence-corrected chi connectivity index (χ1v) is 6.45. The Labute approximate surface area is 105 Å². The minimum Gasteiger partial charge on any atom is -0.391 e. The highest BCUT2D eigenvalue weighted by molar-refractivity contribution is 7.79. The number of ether oxygens (including phenoxy) is 1. The molecule has 0 spiro atoms. The summed E-state index contributed by atoms with van der Waals surface area (Å²) < 4.78 is 36.0. The Balaban J connectivity index is 0. The maximum absolute atomic E-state index is 10.8. The number of likely N-dealkylation sites (N-methyl/N-ethyl adjacent to an activating group) is 2. The van der Waals surface area contributed by atoms with Crippen LogP contribution < -0.4 is 10.6 Å². The average Bonchev–Trinajstić information content (AvgIpc) is 2.21. The molecule has 0 heterocycles. The maximum Gasteiger partial charge on any atom is 0.394 e. The van der Waals surface area contributed by atoms with Gasteiger partial charge in [0.2, 0.25) is 0 Å². The average molecular weight is 286 g/mol. The van der Waals surface area contributed by atoms with Crippen molar-refractivity contribution in [1.29, 1.82) is 0 Å². The highest BCUT2D eigenvalue weighted by atomic mass is 32.3. The molecular formula is C8H18N2O7S. The van der Waals surface area contributed by atoms with Crippen molar-refractivity contribution in [3.05, 3.63) is 0 Å². The summed E-state index contributed by atoms with van der Waals surface area (Å²) >= 11 is 0. The molecule has 0 saturated heterocycles.